The molecule has 7 nitrogen and oxygen atoms in total. The second-order valence-corrected chi connectivity index (χ2v) is 7.71. The number of nitrogens with one attached hydrogen (secondary N) is 2. The number of urea groups is 1. The van der Waals surface area contributed by atoms with Gasteiger partial charge in [-0.2, -0.15) is 0 Å². The van der Waals surface area contributed by atoms with Gasteiger partial charge in [0.25, 0.3) is 5.91 Å². The van der Waals surface area contributed by atoms with E-state index in [-0.39, 0.29) is 17.9 Å². The molecule has 1 saturated heterocycles. The average molecular weight is 413 g/mol. The number of carbonyl (C=O) groups is 3. The van der Waals surface area contributed by atoms with Gasteiger partial charge in [0.2, 0.25) is 5.91 Å². The third kappa shape index (κ3) is 5.12. The molecular weight excluding hydrogens is 391 g/mol. The Hall–Kier alpha value is -1.83. The van der Waals surface area contributed by atoms with E-state index in [2.05, 4.69) is 10.6 Å². The molecule has 4 amide bonds. The molecule has 9 heteroatoms. The van der Waals surface area contributed by atoms with Crippen molar-refractivity contribution in [3.63, 3.8) is 0 Å². The first-order chi connectivity index (χ1) is 12.8. The zero-order valence-corrected chi connectivity index (χ0v) is 16.5. The second-order valence-electron chi connectivity index (χ2n) is 6.87. The van der Waals surface area contributed by atoms with Gasteiger partial charge in [-0.15, -0.1) is 0 Å². The molecule has 27 heavy (non-hydrogen) atoms. The van der Waals surface area contributed by atoms with Crippen LogP contribution in [-0.4, -0.2) is 65.9 Å². The molecule has 1 aliphatic carbocycles. The van der Waals surface area contributed by atoms with Crippen molar-refractivity contribution >= 4 is 41.0 Å². The quantitative estimate of drug-likeness (QED) is 0.793. The van der Waals surface area contributed by atoms with Crippen LogP contribution in [-0.2, 0) is 4.79 Å². The van der Waals surface area contributed by atoms with Crippen LogP contribution < -0.4 is 10.6 Å². The highest BCUT2D eigenvalue weighted by Crippen LogP contribution is 2.23. The Balaban J connectivity index is 1.50. The average Bonchev–Trinajstić information content (AvgIpc) is 3.44. The number of hydrogen-bond donors (Lipinski definition) is 2. The largest absolute Gasteiger partial charge is 0.336 e. The van der Waals surface area contributed by atoms with E-state index in [1.165, 1.54) is 0 Å². The van der Waals surface area contributed by atoms with Gasteiger partial charge in [-0.05, 0) is 38.0 Å². The Morgan fingerprint density at radius 1 is 1.11 bits per heavy atom. The lowest BCUT2D eigenvalue weighted by atomic mass is 10.1. The predicted octanol–water partition coefficient (Wildman–Crippen LogP) is 2.13. The third-order valence-electron chi connectivity index (χ3n) is 4.84. The van der Waals surface area contributed by atoms with Crippen molar-refractivity contribution in [1.29, 1.82) is 0 Å². The Morgan fingerprint density at radius 2 is 1.78 bits per heavy atom. The van der Waals surface area contributed by atoms with Crippen LogP contribution in [0.2, 0.25) is 10.0 Å². The van der Waals surface area contributed by atoms with Crippen molar-refractivity contribution in [2.75, 3.05) is 26.2 Å². The van der Waals surface area contributed by atoms with Crippen LogP contribution >= 0.6 is 23.2 Å². The van der Waals surface area contributed by atoms with E-state index in [0.717, 1.165) is 12.8 Å². The maximum Gasteiger partial charge on any atom is 0.321 e. The number of piperazine rings is 1. The lowest BCUT2D eigenvalue weighted by molar-refractivity contribution is -0.125. The minimum atomic E-state index is -0.452. The molecule has 1 atom stereocenters. The number of rotatable bonds is 4. The molecule has 2 fully saturated rings. The van der Waals surface area contributed by atoms with E-state index in [1.54, 1.807) is 30.0 Å². The number of benzene rings is 1. The molecule has 2 aliphatic rings. The van der Waals surface area contributed by atoms with Gasteiger partial charge < -0.3 is 10.2 Å². The number of hydrogen-bond acceptors (Lipinski definition) is 4. The lowest BCUT2D eigenvalue weighted by Gasteiger charge is -2.37. The molecule has 1 aromatic rings. The van der Waals surface area contributed by atoms with Gasteiger partial charge in [0.05, 0.1) is 16.6 Å². The highest BCUT2D eigenvalue weighted by molar-refractivity contribution is 6.36. The summed E-state index contributed by atoms with van der Waals surface area (Å²) in [5.74, 6) is -0.495. The fourth-order valence-electron chi connectivity index (χ4n) is 2.98. The van der Waals surface area contributed by atoms with Crippen LogP contribution in [0.15, 0.2) is 18.2 Å². The molecular formula is C18H22Cl2N4O3. The minimum Gasteiger partial charge on any atom is -0.336 e. The number of carbonyl (C=O) groups excluding carboxylic acids is 3. The Labute approximate surface area is 168 Å². The first-order valence-corrected chi connectivity index (χ1v) is 9.70. The molecule has 0 bridgehead atoms. The molecule has 1 unspecified atom stereocenters. The highest BCUT2D eigenvalue weighted by Gasteiger charge is 2.30. The van der Waals surface area contributed by atoms with Crippen LogP contribution in [0.1, 0.15) is 30.1 Å². The first kappa shape index (κ1) is 19.9. The van der Waals surface area contributed by atoms with Gasteiger partial charge in [0.1, 0.15) is 0 Å². The summed E-state index contributed by atoms with van der Waals surface area (Å²) in [6.45, 7) is 3.78. The lowest BCUT2D eigenvalue weighted by Crippen LogP contribution is -2.56. The van der Waals surface area contributed by atoms with E-state index in [0.29, 0.717) is 41.8 Å². The molecule has 1 heterocycles. The summed E-state index contributed by atoms with van der Waals surface area (Å²) in [7, 11) is 0. The summed E-state index contributed by atoms with van der Waals surface area (Å²) >= 11 is 12.0. The van der Waals surface area contributed by atoms with E-state index in [1.807, 2.05) is 4.90 Å². The Morgan fingerprint density at radius 3 is 2.37 bits per heavy atom. The van der Waals surface area contributed by atoms with Crippen molar-refractivity contribution in [2.24, 2.45) is 0 Å². The van der Waals surface area contributed by atoms with Crippen LogP contribution in [0.3, 0.4) is 0 Å². The Bertz CT molecular complexity index is 746. The summed E-state index contributed by atoms with van der Waals surface area (Å²) in [5.41, 5.74) is 0.414. The van der Waals surface area contributed by atoms with Crippen molar-refractivity contribution in [1.82, 2.24) is 20.4 Å². The molecule has 0 aromatic heterocycles. The van der Waals surface area contributed by atoms with E-state index in [9.17, 15) is 14.4 Å². The zero-order valence-electron chi connectivity index (χ0n) is 15.0. The van der Waals surface area contributed by atoms with E-state index < -0.39 is 12.1 Å². The number of halogens is 2. The molecule has 0 spiro atoms. The molecule has 1 saturated carbocycles. The Kier molecular flexibility index (Phi) is 6.24. The summed E-state index contributed by atoms with van der Waals surface area (Å²) in [5, 5.41) is 5.91. The van der Waals surface area contributed by atoms with Crippen LogP contribution in [0.25, 0.3) is 0 Å². The number of nitrogens with zero attached hydrogens (tertiary/aromatic N) is 2. The topological polar surface area (TPSA) is 81.8 Å². The van der Waals surface area contributed by atoms with Gasteiger partial charge in [-0.1, -0.05) is 23.2 Å². The van der Waals surface area contributed by atoms with Crippen molar-refractivity contribution in [3.05, 3.63) is 33.8 Å². The molecule has 1 aromatic carbocycles. The zero-order chi connectivity index (χ0) is 19.6. The van der Waals surface area contributed by atoms with Gasteiger partial charge in [0.15, 0.2) is 0 Å². The maximum absolute atomic E-state index is 12.6. The smallest absolute Gasteiger partial charge is 0.321 e. The monoisotopic (exact) mass is 412 g/mol. The summed E-state index contributed by atoms with van der Waals surface area (Å²) in [4.78, 5) is 40.3. The van der Waals surface area contributed by atoms with E-state index in [4.69, 9.17) is 23.2 Å². The van der Waals surface area contributed by atoms with Gasteiger partial charge in [-0.25, -0.2) is 4.79 Å². The molecule has 3 rings (SSSR count). The molecule has 2 N–H and O–H groups in total. The number of amides is 4. The predicted molar refractivity (Wildman–Crippen MR) is 103 cm³/mol. The summed E-state index contributed by atoms with van der Waals surface area (Å²) in [6, 6.07) is 4.10. The molecule has 146 valence electrons. The standard InChI is InChI=1S/C18H22Cl2N4O3/c1-11(16(25)22-18(27)21-13-3-4-13)23-6-8-24(9-7-23)17(26)14-5-2-12(19)10-15(14)20/h2,5,10-11,13H,3-4,6-9H2,1H3,(H2,21,22,25,27). The summed E-state index contributed by atoms with van der Waals surface area (Å²) in [6.07, 6.45) is 1.93. The van der Waals surface area contributed by atoms with Crippen molar-refractivity contribution in [2.45, 2.75) is 31.8 Å². The SMILES string of the molecule is CC(C(=O)NC(=O)NC1CC1)N1CCN(C(=O)c2ccc(Cl)cc2Cl)CC1. The van der Waals surface area contributed by atoms with Crippen LogP contribution in [0.4, 0.5) is 4.79 Å². The van der Waals surface area contributed by atoms with Crippen LogP contribution in [0.5, 0.6) is 0 Å². The maximum atomic E-state index is 12.6. The van der Waals surface area contributed by atoms with Crippen LogP contribution in [0, 0.1) is 0 Å². The first-order valence-electron chi connectivity index (χ1n) is 8.95. The fraction of sp³-hybridized carbons (Fsp3) is 0.500. The normalized spacial score (nSPS) is 18.7. The number of imide groups is 1. The second kappa shape index (κ2) is 8.46. The molecule has 0 radical (unpaired) electrons. The minimum absolute atomic E-state index is 0.155. The van der Waals surface area contributed by atoms with Gasteiger partial charge in [0, 0.05) is 37.2 Å². The van der Waals surface area contributed by atoms with Gasteiger partial charge >= 0.3 is 6.03 Å². The van der Waals surface area contributed by atoms with Gasteiger partial charge in [-0.3, -0.25) is 19.8 Å². The fourth-order valence-corrected chi connectivity index (χ4v) is 3.47. The molecule has 1 aliphatic heterocycles. The third-order valence-corrected chi connectivity index (χ3v) is 5.39. The van der Waals surface area contributed by atoms with Crippen molar-refractivity contribution < 1.29 is 14.4 Å². The highest BCUT2D eigenvalue weighted by atomic mass is 35.5. The van der Waals surface area contributed by atoms with E-state index >= 15 is 0 Å². The van der Waals surface area contributed by atoms with Crippen molar-refractivity contribution in [3.8, 4) is 0 Å². The summed E-state index contributed by atoms with van der Waals surface area (Å²) < 4.78 is 0.